The number of aliphatic carboxylic acids is 1. The van der Waals surface area contributed by atoms with Gasteiger partial charge in [0, 0.05) is 5.56 Å². The van der Waals surface area contributed by atoms with Crippen molar-refractivity contribution < 1.29 is 48.2 Å². The molecule has 0 atom stereocenters. The second-order valence-corrected chi connectivity index (χ2v) is 3.42. The topological polar surface area (TPSA) is 40.1 Å². The third-order valence-electron chi connectivity index (χ3n) is 2.37. The summed E-state index contributed by atoms with van der Waals surface area (Å²) in [5.74, 6) is -6.34. The van der Waals surface area contributed by atoms with Gasteiger partial charge in [0.05, 0.1) is 0 Å². The van der Waals surface area contributed by atoms with Gasteiger partial charge in [-0.15, -0.1) is 0 Å². The Morgan fingerprint density at radius 1 is 1.06 bits per heavy atom. The van der Waals surface area contributed by atoms with Crippen LogP contribution >= 0.6 is 0 Å². The first-order valence-corrected chi connectivity index (χ1v) is 4.60. The SMILES string of the molecule is O=C([O-])C(F)(F)c1ccc2ccccc2c1.[Na+]. The Labute approximate surface area is 119 Å². The molecule has 0 aliphatic carbocycles. The van der Waals surface area contributed by atoms with Crippen molar-refractivity contribution in [2.45, 2.75) is 5.92 Å². The fourth-order valence-electron chi connectivity index (χ4n) is 1.50. The zero-order valence-corrected chi connectivity index (χ0v) is 11.1. The van der Waals surface area contributed by atoms with Crippen LogP contribution < -0.4 is 34.7 Å². The molecule has 82 valence electrons. The zero-order chi connectivity index (χ0) is 11.8. The van der Waals surface area contributed by atoms with Crippen molar-refractivity contribution in [2.24, 2.45) is 0 Å². The van der Waals surface area contributed by atoms with E-state index in [0.717, 1.165) is 17.5 Å². The van der Waals surface area contributed by atoms with Crippen LogP contribution in [0.1, 0.15) is 5.56 Å². The molecular weight excluding hydrogens is 237 g/mol. The van der Waals surface area contributed by atoms with Gasteiger partial charge >= 0.3 is 35.5 Å². The van der Waals surface area contributed by atoms with Crippen molar-refractivity contribution in [1.82, 2.24) is 0 Å². The third-order valence-corrected chi connectivity index (χ3v) is 2.37. The summed E-state index contributed by atoms with van der Waals surface area (Å²) in [6.45, 7) is 0. The van der Waals surface area contributed by atoms with E-state index in [1.807, 2.05) is 0 Å². The van der Waals surface area contributed by atoms with E-state index < -0.39 is 17.5 Å². The Bertz CT molecular complexity index is 555. The number of carbonyl (C=O) groups excluding carboxylic acids is 1. The van der Waals surface area contributed by atoms with E-state index in [2.05, 4.69) is 0 Å². The maximum absolute atomic E-state index is 13.1. The number of hydrogen-bond acceptors (Lipinski definition) is 2. The molecule has 0 spiro atoms. The molecule has 0 N–H and O–H groups in total. The monoisotopic (exact) mass is 244 g/mol. The number of carbonyl (C=O) groups is 1. The minimum atomic E-state index is -3.95. The average Bonchev–Trinajstić information content (AvgIpc) is 2.28. The van der Waals surface area contributed by atoms with Crippen LogP contribution in [0.2, 0.25) is 0 Å². The van der Waals surface area contributed by atoms with Gasteiger partial charge in [-0.2, -0.15) is 8.78 Å². The van der Waals surface area contributed by atoms with Crippen LogP contribution in [0.4, 0.5) is 8.78 Å². The molecule has 2 aromatic carbocycles. The van der Waals surface area contributed by atoms with Gasteiger partial charge in [0.25, 0.3) is 0 Å². The fraction of sp³-hybridized carbons (Fsp3) is 0.0833. The minimum Gasteiger partial charge on any atom is -0.544 e. The molecule has 0 fully saturated rings. The Morgan fingerprint density at radius 2 is 1.65 bits per heavy atom. The summed E-state index contributed by atoms with van der Waals surface area (Å²) >= 11 is 0. The van der Waals surface area contributed by atoms with E-state index in [9.17, 15) is 18.7 Å². The number of benzene rings is 2. The Morgan fingerprint density at radius 3 is 2.24 bits per heavy atom. The number of alkyl halides is 2. The molecule has 0 amide bonds. The second-order valence-electron chi connectivity index (χ2n) is 3.42. The molecule has 2 nitrogen and oxygen atoms in total. The van der Waals surface area contributed by atoms with Gasteiger partial charge < -0.3 is 9.90 Å². The van der Waals surface area contributed by atoms with Gasteiger partial charge in [-0.3, -0.25) is 0 Å². The first-order valence-electron chi connectivity index (χ1n) is 4.60. The van der Waals surface area contributed by atoms with Gasteiger partial charge in [-0.1, -0.05) is 36.4 Å². The molecule has 0 aliphatic heterocycles. The molecule has 0 aromatic heterocycles. The van der Waals surface area contributed by atoms with E-state index in [4.69, 9.17) is 0 Å². The summed E-state index contributed by atoms with van der Waals surface area (Å²) in [7, 11) is 0. The molecule has 0 aliphatic rings. The molecule has 17 heavy (non-hydrogen) atoms. The summed E-state index contributed by atoms with van der Waals surface area (Å²) in [5.41, 5.74) is -0.564. The van der Waals surface area contributed by atoms with Gasteiger partial charge in [-0.25, -0.2) is 0 Å². The number of fused-ring (bicyclic) bond motifs is 1. The van der Waals surface area contributed by atoms with Gasteiger partial charge in [-0.05, 0) is 16.8 Å². The summed E-state index contributed by atoms with van der Waals surface area (Å²) in [6, 6.07) is 10.6. The number of rotatable bonds is 2. The summed E-state index contributed by atoms with van der Waals surface area (Å²) in [5, 5.41) is 11.6. The standard InChI is InChI=1S/C12H8F2O2.Na/c13-12(14,11(15)16)10-6-5-8-3-1-2-4-9(8)7-10;/h1-7H,(H,15,16);/q;+1/p-1. The molecule has 0 saturated heterocycles. The summed E-state index contributed by atoms with van der Waals surface area (Å²) < 4.78 is 26.3. The molecule has 0 heterocycles. The second kappa shape index (κ2) is 5.12. The van der Waals surface area contributed by atoms with Gasteiger partial charge in [0.2, 0.25) is 0 Å². The van der Waals surface area contributed by atoms with Crippen LogP contribution in [0, 0.1) is 0 Å². The molecule has 2 aromatic rings. The van der Waals surface area contributed by atoms with Crippen molar-refractivity contribution in [3.05, 3.63) is 48.0 Å². The van der Waals surface area contributed by atoms with Crippen molar-refractivity contribution >= 4 is 16.7 Å². The first-order chi connectivity index (χ1) is 7.51. The van der Waals surface area contributed by atoms with Gasteiger partial charge in [0.15, 0.2) is 0 Å². The molecule has 0 radical (unpaired) electrons. The van der Waals surface area contributed by atoms with E-state index in [0.29, 0.717) is 5.39 Å². The maximum atomic E-state index is 13.1. The summed E-state index contributed by atoms with van der Waals surface area (Å²) in [4.78, 5) is 10.3. The first kappa shape index (κ1) is 14.1. The minimum absolute atomic E-state index is 0. The van der Waals surface area contributed by atoms with Crippen molar-refractivity contribution in [3.63, 3.8) is 0 Å². The number of carboxylic acids is 1. The average molecular weight is 244 g/mol. The van der Waals surface area contributed by atoms with Crippen LogP contribution in [0.5, 0.6) is 0 Å². The molecule has 0 bridgehead atoms. The maximum Gasteiger partial charge on any atom is 1.00 e. The van der Waals surface area contributed by atoms with Crippen molar-refractivity contribution in [3.8, 4) is 0 Å². The van der Waals surface area contributed by atoms with Crippen LogP contribution in [-0.2, 0) is 10.7 Å². The molecule has 2 rings (SSSR count). The van der Waals surface area contributed by atoms with E-state index in [1.165, 1.54) is 6.07 Å². The molecule has 0 unspecified atom stereocenters. The molecule has 5 heteroatoms. The summed E-state index contributed by atoms with van der Waals surface area (Å²) in [6.07, 6.45) is 0. The molecular formula is C12H7F2NaO2. The Balaban J connectivity index is 0.00000144. The number of carboxylic acid groups (broad SMARTS) is 1. The van der Waals surface area contributed by atoms with Crippen LogP contribution in [0.25, 0.3) is 10.8 Å². The molecule has 0 saturated carbocycles. The largest absolute Gasteiger partial charge is 1.00 e. The van der Waals surface area contributed by atoms with Crippen LogP contribution in [0.15, 0.2) is 42.5 Å². The quantitative estimate of drug-likeness (QED) is 0.615. The van der Waals surface area contributed by atoms with Crippen molar-refractivity contribution in [2.75, 3.05) is 0 Å². The van der Waals surface area contributed by atoms with Crippen LogP contribution in [-0.4, -0.2) is 5.97 Å². The van der Waals surface area contributed by atoms with Gasteiger partial charge in [0.1, 0.15) is 5.97 Å². The predicted molar refractivity (Wildman–Crippen MR) is 52.8 cm³/mol. The third kappa shape index (κ3) is 2.65. The Kier molecular flexibility index (Phi) is 4.25. The number of halogens is 2. The van der Waals surface area contributed by atoms with E-state index >= 15 is 0 Å². The van der Waals surface area contributed by atoms with Crippen LogP contribution in [0.3, 0.4) is 0 Å². The normalized spacial score (nSPS) is 10.9. The van der Waals surface area contributed by atoms with E-state index in [-0.39, 0.29) is 29.6 Å². The predicted octanol–water partition coefficient (Wildman–Crippen LogP) is -1.31. The van der Waals surface area contributed by atoms with E-state index in [1.54, 1.807) is 24.3 Å². The number of hydrogen-bond donors (Lipinski definition) is 0. The fourth-order valence-corrected chi connectivity index (χ4v) is 1.50. The zero-order valence-electron chi connectivity index (χ0n) is 9.11. The smallest absolute Gasteiger partial charge is 0.544 e. The van der Waals surface area contributed by atoms with Crippen molar-refractivity contribution in [1.29, 1.82) is 0 Å². The Hall–Kier alpha value is -0.970.